The molecule has 0 fully saturated rings. The largest absolute Gasteiger partial charge is 0.386 e. The molecule has 1 aromatic carbocycles. The van der Waals surface area contributed by atoms with Crippen molar-refractivity contribution in [2.24, 2.45) is 5.92 Å². The molecule has 0 aliphatic carbocycles. The standard InChI is InChI=1S/C11H11ClO4/c1-7(2)10(13)15-16-11(14)8-3-5-9(12)6-4-8/h3-7H,1-2H3. The van der Waals surface area contributed by atoms with Gasteiger partial charge in [0.2, 0.25) is 0 Å². The van der Waals surface area contributed by atoms with Crippen molar-refractivity contribution < 1.29 is 19.4 Å². The van der Waals surface area contributed by atoms with Crippen LogP contribution in [0, 0.1) is 5.92 Å². The quantitative estimate of drug-likeness (QED) is 0.591. The minimum atomic E-state index is -0.731. The third-order valence-electron chi connectivity index (χ3n) is 1.75. The number of hydrogen-bond acceptors (Lipinski definition) is 4. The van der Waals surface area contributed by atoms with E-state index in [1.54, 1.807) is 26.0 Å². The Labute approximate surface area is 98.0 Å². The first-order chi connectivity index (χ1) is 7.50. The molecule has 1 aromatic rings. The Morgan fingerprint density at radius 2 is 1.69 bits per heavy atom. The van der Waals surface area contributed by atoms with Crippen molar-refractivity contribution >= 4 is 23.5 Å². The van der Waals surface area contributed by atoms with Crippen LogP contribution in [0.2, 0.25) is 5.02 Å². The fraction of sp³-hybridized carbons (Fsp3) is 0.273. The summed E-state index contributed by atoms with van der Waals surface area (Å²) in [6.07, 6.45) is 0. The summed E-state index contributed by atoms with van der Waals surface area (Å²) in [6.45, 7) is 3.27. The molecule has 4 nitrogen and oxygen atoms in total. The molecule has 0 bridgehead atoms. The summed E-state index contributed by atoms with van der Waals surface area (Å²) < 4.78 is 0. The molecule has 0 heterocycles. The average molecular weight is 243 g/mol. The number of hydrogen-bond donors (Lipinski definition) is 0. The molecule has 0 aliphatic heterocycles. The Balaban J connectivity index is 2.53. The topological polar surface area (TPSA) is 52.6 Å². The van der Waals surface area contributed by atoms with Crippen molar-refractivity contribution in [3.63, 3.8) is 0 Å². The summed E-state index contributed by atoms with van der Waals surface area (Å²) in [5.41, 5.74) is 0.265. The van der Waals surface area contributed by atoms with Crippen LogP contribution in [0.25, 0.3) is 0 Å². The fourth-order valence-electron chi connectivity index (χ4n) is 0.809. The lowest BCUT2D eigenvalue weighted by Gasteiger charge is -2.04. The zero-order chi connectivity index (χ0) is 12.1. The summed E-state index contributed by atoms with van der Waals surface area (Å²) in [5, 5.41) is 0.510. The highest BCUT2D eigenvalue weighted by atomic mass is 35.5. The van der Waals surface area contributed by atoms with E-state index in [0.717, 1.165) is 0 Å². The number of halogens is 1. The van der Waals surface area contributed by atoms with E-state index < -0.39 is 11.9 Å². The SMILES string of the molecule is CC(C)C(=O)OOC(=O)c1ccc(Cl)cc1. The maximum atomic E-state index is 11.3. The van der Waals surface area contributed by atoms with Gasteiger partial charge in [0.25, 0.3) is 0 Å². The van der Waals surface area contributed by atoms with E-state index in [1.807, 2.05) is 0 Å². The normalized spacial score (nSPS) is 10.0. The van der Waals surface area contributed by atoms with Crippen molar-refractivity contribution in [3.8, 4) is 0 Å². The van der Waals surface area contributed by atoms with Crippen LogP contribution in [0.5, 0.6) is 0 Å². The van der Waals surface area contributed by atoms with Gasteiger partial charge >= 0.3 is 11.9 Å². The summed E-state index contributed by atoms with van der Waals surface area (Å²) in [5.74, 6) is -1.68. The number of benzene rings is 1. The summed E-state index contributed by atoms with van der Waals surface area (Å²) in [6, 6.07) is 6.05. The first-order valence-electron chi connectivity index (χ1n) is 4.69. The summed E-state index contributed by atoms with van der Waals surface area (Å²) in [7, 11) is 0. The second-order valence-electron chi connectivity index (χ2n) is 3.43. The Morgan fingerprint density at radius 3 is 2.19 bits per heavy atom. The van der Waals surface area contributed by atoms with Crippen LogP contribution in [0.15, 0.2) is 24.3 Å². The van der Waals surface area contributed by atoms with E-state index in [1.165, 1.54) is 12.1 Å². The van der Waals surface area contributed by atoms with E-state index in [0.29, 0.717) is 5.02 Å². The van der Waals surface area contributed by atoms with Gasteiger partial charge in [-0.25, -0.2) is 19.4 Å². The van der Waals surface area contributed by atoms with Crippen LogP contribution >= 0.6 is 11.6 Å². The van der Waals surface area contributed by atoms with Gasteiger partial charge in [-0.3, -0.25) is 0 Å². The van der Waals surface area contributed by atoms with E-state index in [9.17, 15) is 9.59 Å². The molecule has 0 N–H and O–H groups in total. The van der Waals surface area contributed by atoms with Crippen LogP contribution < -0.4 is 0 Å². The van der Waals surface area contributed by atoms with Gasteiger partial charge in [-0.05, 0) is 24.3 Å². The van der Waals surface area contributed by atoms with Gasteiger partial charge in [0.05, 0.1) is 11.5 Å². The molecular weight excluding hydrogens is 232 g/mol. The van der Waals surface area contributed by atoms with Crippen LogP contribution in [0.4, 0.5) is 0 Å². The van der Waals surface area contributed by atoms with Crippen molar-refractivity contribution in [3.05, 3.63) is 34.9 Å². The molecule has 0 radical (unpaired) electrons. The van der Waals surface area contributed by atoms with Gasteiger partial charge < -0.3 is 0 Å². The average Bonchev–Trinajstić information content (AvgIpc) is 2.26. The van der Waals surface area contributed by atoms with Crippen LogP contribution in [-0.4, -0.2) is 11.9 Å². The lowest BCUT2D eigenvalue weighted by Crippen LogP contribution is -2.15. The van der Waals surface area contributed by atoms with Gasteiger partial charge in [0, 0.05) is 5.02 Å². The Bertz CT molecular complexity index is 383. The maximum absolute atomic E-state index is 11.3. The molecular formula is C11H11ClO4. The van der Waals surface area contributed by atoms with E-state index in [2.05, 4.69) is 9.78 Å². The van der Waals surface area contributed by atoms with Crippen molar-refractivity contribution in [1.82, 2.24) is 0 Å². The van der Waals surface area contributed by atoms with Gasteiger partial charge in [0.15, 0.2) is 0 Å². The third kappa shape index (κ3) is 3.55. The highest BCUT2D eigenvalue weighted by Crippen LogP contribution is 2.10. The zero-order valence-corrected chi connectivity index (χ0v) is 9.65. The monoisotopic (exact) mass is 242 g/mol. The Morgan fingerprint density at radius 1 is 1.12 bits per heavy atom. The molecule has 5 heteroatoms. The van der Waals surface area contributed by atoms with E-state index in [4.69, 9.17) is 11.6 Å². The summed E-state index contributed by atoms with van der Waals surface area (Å²) in [4.78, 5) is 31.0. The zero-order valence-electron chi connectivity index (χ0n) is 8.90. The minimum Gasteiger partial charge on any atom is -0.247 e. The fourth-order valence-corrected chi connectivity index (χ4v) is 0.935. The lowest BCUT2D eigenvalue weighted by atomic mass is 10.2. The molecule has 0 atom stereocenters. The first-order valence-corrected chi connectivity index (χ1v) is 5.06. The maximum Gasteiger partial charge on any atom is 0.386 e. The van der Waals surface area contributed by atoms with Gasteiger partial charge in [-0.15, -0.1) is 0 Å². The molecule has 0 saturated carbocycles. The van der Waals surface area contributed by atoms with Gasteiger partial charge in [-0.1, -0.05) is 25.4 Å². The molecule has 0 aliphatic rings. The lowest BCUT2D eigenvalue weighted by molar-refractivity contribution is -0.237. The Kier molecular flexibility index (Phi) is 4.31. The smallest absolute Gasteiger partial charge is 0.247 e. The number of carbonyl (C=O) groups is 2. The van der Waals surface area contributed by atoms with Gasteiger partial charge in [0.1, 0.15) is 0 Å². The second kappa shape index (κ2) is 5.51. The molecule has 16 heavy (non-hydrogen) atoms. The first kappa shape index (κ1) is 12.5. The Hall–Kier alpha value is -1.55. The number of carbonyl (C=O) groups excluding carboxylic acids is 2. The molecule has 0 amide bonds. The van der Waals surface area contributed by atoms with Gasteiger partial charge in [-0.2, -0.15) is 0 Å². The van der Waals surface area contributed by atoms with Crippen molar-refractivity contribution in [2.75, 3.05) is 0 Å². The molecule has 86 valence electrons. The van der Waals surface area contributed by atoms with Crippen molar-refractivity contribution in [2.45, 2.75) is 13.8 Å². The van der Waals surface area contributed by atoms with Crippen LogP contribution in [0.1, 0.15) is 24.2 Å². The minimum absolute atomic E-state index is 0.265. The molecule has 0 spiro atoms. The molecule has 1 rings (SSSR count). The van der Waals surface area contributed by atoms with E-state index >= 15 is 0 Å². The predicted octanol–water partition coefficient (Wildman–Crippen LogP) is 2.61. The highest BCUT2D eigenvalue weighted by molar-refractivity contribution is 6.30. The van der Waals surface area contributed by atoms with Crippen LogP contribution in [-0.2, 0) is 14.6 Å². The number of rotatable bonds is 2. The third-order valence-corrected chi connectivity index (χ3v) is 2.00. The van der Waals surface area contributed by atoms with Crippen molar-refractivity contribution in [1.29, 1.82) is 0 Å². The predicted molar refractivity (Wildman–Crippen MR) is 57.8 cm³/mol. The molecule has 0 aromatic heterocycles. The second-order valence-corrected chi connectivity index (χ2v) is 3.87. The van der Waals surface area contributed by atoms with Crippen LogP contribution in [0.3, 0.4) is 0 Å². The molecule has 0 saturated heterocycles. The molecule has 0 unspecified atom stereocenters. The summed E-state index contributed by atoms with van der Waals surface area (Å²) >= 11 is 5.65. The highest BCUT2D eigenvalue weighted by Gasteiger charge is 2.14. The van der Waals surface area contributed by atoms with E-state index in [-0.39, 0.29) is 11.5 Å².